The predicted octanol–water partition coefficient (Wildman–Crippen LogP) is 1.19. The van der Waals surface area contributed by atoms with Crippen molar-refractivity contribution in [1.82, 2.24) is 15.5 Å². The molecule has 2 heterocycles. The molecule has 104 valence electrons. The Morgan fingerprint density at radius 1 is 1.20 bits per heavy atom. The summed E-state index contributed by atoms with van der Waals surface area (Å²) in [6.07, 6.45) is 1.03. The highest BCUT2D eigenvalue weighted by atomic mass is 16.3. The van der Waals surface area contributed by atoms with Crippen molar-refractivity contribution in [2.45, 2.75) is 13.0 Å². The minimum atomic E-state index is 0.0859. The number of rotatable bonds is 4. The van der Waals surface area contributed by atoms with Gasteiger partial charge in [0.25, 0.3) is 0 Å². The third-order valence-corrected chi connectivity index (χ3v) is 3.50. The summed E-state index contributed by atoms with van der Waals surface area (Å²) < 4.78 is 0. The van der Waals surface area contributed by atoms with E-state index in [4.69, 9.17) is 5.11 Å². The Balaban J connectivity index is 1.89. The van der Waals surface area contributed by atoms with Gasteiger partial charge < -0.3 is 15.7 Å². The lowest BCUT2D eigenvalue weighted by Gasteiger charge is -2.19. The van der Waals surface area contributed by atoms with E-state index in [0.717, 1.165) is 25.2 Å². The van der Waals surface area contributed by atoms with Crippen LogP contribution < -0.4 is 10.6 Å². The number of fused-ring (bicyclic) bond motifs is 1. The van der Waals surface area contributed by atoms with Crippen LogP contribution in [-0.2, 0) is 13.0 Å². The minimum Gasteiger partial charge on any atom is -0.395 e. The van der Waals surface area contributed by atoms with Gasteiger partial charge in [-0.05, 0) is 36.2 Å². The molecule has 1 aliphatic rings. The second-order valence-electron chi connectivity index (χ2n) is 4.82. The van der Waals surface area contributed by atoms with E-state index in [1.54, 1.807) is 0 Å². The highest BCUT2D eigenvalue weighted by Crippen LogP contribution is 2.27. The number of anilines is 1. The monoisotopic (exact) mass is 270 g/mol. The van der Waals surface area contributed by atoms with Gasteiger partial charge in [0.15, 0.2) is 0 Å². The van der Waals surface area contributed by atoms with E-state index in [1.165, 1.54) is 16.7 Å². The molecule has 0 aliphatic carbocycles. The molecule has 0 saturated heterocycles. The Labute approximate surface area is 118 Å². The fourth-order valence-corrected chi connectivity index (χ4v) is 2.53. The van der Waals surface area contributed by atoms with E-state index in [9.17, 15) is 0 Å². The summed E-state index contributed by atoms with van der Waals surface area (Å²) in [5, 5.41) is 23.6. The molecule has 0 radical (unpaired) electrons. The molecule has 20 heavy (non-hydrogen) atoms. The van der Waals surface area contributed by atoms with Crippen molar-refractivity contribution in [2.75, 3.05) is 25.0 Å². The Hall–Kier alpha value is -1.98. The number of hydrogen-bond donors (Lipinski definition) is 3. The zero-order valence-electron chi connectivity index (χ0n) is 11.3. The summed E-state index contributed by atoms with van der Waals surface area (Å²) in [6, 6.07) is 10.2. The Morgan fingerprint density at radius 2 is 2.15 bits per heavy atom. The van der Waals surface area contributed by atoms with Gasteiger partial charge in [-0.1, -0.05) is 18.2 Å². The van der Waals surface area contributed by atoms with Crippen LogP contribution in [0.15, 0.2) is 30.3 Å². The van der Waals surface area contributed by atoms with Crippen LogP contribution in [0.3, 0.4) is 0 Å². The number of benzene rings is 1. The smallest absolute Gasteiger partial charge is 0.148 e. The molecule has 1 aliphatic heterocycles. The molecule has 5 nitrogen and oxygen atoms in total. The first kappa shape index (κ1) is 13.0. The molecule has 3 N–H and O–H groups in total. The van der Waals surface area contributed by atoms with Crippen molar-refractivity contribution >= 4 is 5.82 Å². The maximum absolute atomic E-state index is 8.78. The summed E-state index contributed by atoms with van der Waals surface area (Å²) in [5.41, 5.74) is 4.79. The molecule has 0 atom stereocenters. The lowest BCUT2D eigenvalue weighted by atomic mass is 9.94. The lowest BCUT2D eigenvalue weighted by molar-refractivity contribution is 0.311. The molecule has 0 amide bonds. The number of aromatic nitrogens is 2. The average Bonchev–Trinajstić information content (AvgIpc) is 2.53. The third kappa shape index (κ3) is 2.64. The first-order valence-electron chi connectivity index (χ1n) is 6.89. The van der Waals surface area contributed by atoms with Crippen molar-refractivity contribution < 1.29 is 5.11 Å². The highest BCUT2D eigenvalue weighted by Gasteiger charge is 2.14. The molecule has 0 fully saturated rings. The van der Waals surface area contributed by atoms with Gasteiger partial charge in [-0.2, -0.15) is 0 Å². The minimum absolute atomic E-state index is 0.0859. The fraction of sp³-hybridized carbons (Fsp3) is 0.333. The quantitative estimate of drug-likeness (QED) is 0.778. The van der Waals surface area contributed by atoms with E-state index < -0.39 is 0 Å². The van der Waals surface area contributed by atoms with Gasteiger partial charge in [0, 0.05) is 18.7 Å². The van der Waals surface area contributed by atoms with Crippen LogP contribution in [0.25, 0.3) is 11.3 Å². The van der Waals surface area contributed by atoms with Crippen LogP contribution in [0, 0.1) is 0 Å². The average molecular weight is 270 g/mol. The molecule has 1 aromatic carbocycles. The number of nitrogens with one attached hydrogen (secondary N) is 2. The highest BCUT2D eigenvalue weighted by molar-refractivity contribution is 5.66. The molecule has 5 heteroatoms. The Bertz CT molecular complexity index is 583. The molecule has 1 aromatic heterocycles. The van der Waals surface area contributed by atoms with Crippen molar-refractivity contribution in [2.24, 2.45) is 0 Å². The molecule has 3 rings (SSSR count). The SMILES string of the molecule is OCCNc1ccc(-c2cccc3c2CCNC3)nn1. The molecule has 0 saturated carbocycles. The van der Waals surface area contributed by atoms with E-state index in [1.807, 2.05) is 12.1 Å². The first-order valence-corrected chi connectivity index (χ1v) is 6.89. The van der Waals surface area contributed by atoms with Gasteiger partial charge in [0.2, 0.25) is 0 Å². The van der Waals surface area contributed by atoms with E-state index in [2.05, 4.69) is 39.0 Å². The third-order valence-electron chi connectivity index (χ3n) is 3.50. The van der Waals surface area contributed by atoms with E-state index in [0.29, 0.717) is 12.4 Å². The summed E-state index contributed by atoms with van der Waals surface area (Å²) in [4.78, 5) is 0. The fourth-order valence-electron chi connectivity index (χ4n) is 2.53. The molecular weight excluding hydrogens is 252 g/mol. The van der Waals surface area contributed by atoms with Gasteiger partial charge >= 0.3 is 0 Å². The summed E-state index contributed by atoms with van der Waals surface area (Å²) in [5.74, 6) is 0.689. The topological polar surface area (TPSA) is 70.1 Å². The lowest BCUT2D eigenvalue weighted by Crippen LogP contribution is -2.24. The zero-order chi connectivity index (χ0) is 13.8. The number of aliphatic hydroxyl groups is 1. The second kappa shape index (κ2) is 5.98. The van der Waals surface area contributed by atoms with Crippen LogP contribution >= 0.6 is 0 Å². The van der Waals surface area contributed by atoms with Crippen LogP contribution in [0.4, 0.5) is 5.82 Å². The van der Waals surface area contributed by atoms with Crippen molar-refractivity contribution in [3.63, 3.8) is 0 Å². The van der Waals surface area contributed by atoms with Gasteiger partial charge in [0.1, 0.15) is 5.82 Å². The van der Waals surface area contributed by atoms with Crippen molar-refractivity contribution in [1.29, 1.82) is 0 Å². The number of aliphatic hydroxyl groups excluding tert-OH is 1. The summed E-state index contributed by atoms with van der Waals surface area (Å²) in [7, 11) is 0. The number of nitrogens with zero attached hydrogens (tertiary/aromatic N) is 2. The maximum Gasteiger partial charge on any atom is 0.148 e. The van der Waals surface area contributed by atoms with Crippen LogP contribution in [0.1, 0.15) is 11.1 Å². The summed E-state index contributed by atoms with van der Waals surface area (Å²) in [6.45, 7) is 2.50. The molecule has 0 spiro atoms. The molecule has 2 aromatic rings. The van der Waals surface area contributed by atoms with E-state index in [-0.39, 0.29) is 6.61 Å². The first-order chi connectivity index (χ1) is 9.88. The predicted molar refractivity (Wildman–Crippen MR) is 78.5 cm³/mol. The van der Waals surface area contributed by atoms with Crippen LogP contribution in [0.5, 0.6) is 0 Å². The zero-order valence-corrected chi connectivity index (χ0v) is 11.3. The maximum atomic E-state index is 8.78. The van der Waals surface area contributed by atoms with Gasteiger partial charge in [-0.3, -0.25) is 0 Å². The van der Waals surface area contributed by atoms with Gasteiger partial charge in [0.05, 0.1) is 12.3 Å². The molecular formula is C15H18N4O. The van der Waals surface area contributed by atoms with Crippen LogP contribution in [-0.4, -0.2) is 35.0 Å². The molecule has 0 bridgehead atoms. The van der Waals surface area contributed by atoms with Gasteiger partial charge in [-0.15, -0.1) is 10.2 Å². The van der Waals surface area contributed by atoms with Gasteiger partial charge in [-0.25, -0.2) is 0 Å². The second-order valence-corrected chi connectivity index (χ2v) is 4.82. The van der Waals surface area contributed by atoms with Crippen LogP contribution in [0.2, 0.25) is 0 Å². The standard InChI is InChI=1S/C15H18N4O/c20-9-8-17-15-5-4-14(18-19-15)13-3-1-2-11-10-16-7-6-12(11)13/h1-5,16,20H,6-10H2,(H,17,19). The van der Waals surface area contributed by atoms with E-state index >= 15 is 0 Å². The Morgan fingerprint density at radius 3 is 2.95 bits per heavy atom. The molecule has 0 unspecified atom stereocenters. The Kier molecular flexibility index (Phi) is 3.90. The number of hydrogen-bond acceptors (Lipinski definition) is 5. The van der Waals surface area contributed by atoms with Crippen molar-refractivity contribution in [3.8, 4) is 11.3 Å². The normalized spacial score (nSPS) is 13.8. The summed E-state index contributed by atoms with van der Waals surface area (Å²) >= 11 is 0. The van der Waals surface area contributed by atoms with Crippen molar-refractivity contribution in [3.05, 3.63) is 41.5 Å². The largest absolute Gasteiger partial charge is 0.395 e.